The van der Waals surface area contributed by atoms with E-state index < -0.39 is 0 Å². The second-order valence-electron chi connectivity index (χ2n) is 2.79. The van der Waals surface area contributed by atoms with Gasteiger partial charge in [-0.2, -0.15) is 5.10 Å². The molecule has 0 saturated carbocycles. The van der Waals surface area contributed by atoms with Gasteiger partial charge in [0.25, 0.3) is 0 Å². The number of nitrogens with one attached hydrogen (secondary N) is 1. The molecule has 0 unspecified atom stereocenters. The van der Waals surface area contributed by atoms with Crippen molar-refractivity contribution in [3.63, 3.8) is 0 Å². The number of nitrogens with zero attached hydrogens (tertiary/aromatic N) is 2. The molecule has 1 aromatic carbocycles. The summed E-state index contributed by atoms with van der Waals surface area (Å²) in [7, 11) is 0. The molecular weight excluding hydrogens is 198 g/mol. The third kappa shape index (κ3) is 1.54. The van der Waals surface area contributed by atoms with Crippen LogP contribution in [0.5, 0.6) is 0 Å². The van der Waals surface area contributed by atoms with Crippen LogP contribution in [0.4, 0.5) is 5.69 Å². The number of halogens is 1. The predicted octanol–water partition coefficient (Wildman–Crippen LogP) is 2.92. The van der Waals surface area contributed by atoms with E-state index in [1.165, 1.54) is 0 Å². The van der Waals surface area contributed by atoms with Gasteiger partial charge >= 0.3 is 0 Å². The lowest BCUT2D eigenvalue weighted by Crippen LogP contribution is -1.89. The van der Waals surface area contributed by atoms with E-state index in [0.717, 1.165) is 16.6 Å². The van der Waals surface area contributed by atoms with Gasteiger partial charge in [-0.05, 0) is 24.3 Å². The third-order valence-electron chi connectivity index (χ3n) is 1.90. The second-order valence-corrected chi connectivity index (χ2v) is 3.23. The molecule has 0 bridgehead atoms. The molecule has 1 aromatic heterocycles. The normalized spacial score (nSPS) is 10.1. The van der Waals surface area contributed by atoms with Crippen LogP contribution in [0.3, 0.4) is 0 Å². The van der Waals surface area contributed by atoms with E-state index >= 15 is 0 Å². The lowest BCUT2D eigenvalue weighted by atomic mass is 10.2. The van der Waals surface area contributed by atoms with Gasteiger partial charge in [-0.25, -0.2) is 0 Å². The summed E-state index contributed by atoms with van der Waals surface area (Å²) in [5.74, 6) is 0. The van der Waals surface area contributed by atoms with Crippen LogP contribution in [0.1, 0.15) is 0 Å². The van der Waals surface area contributed by atoms with Crippen molar-refractivity contribution in [2.24, 2.45) is 5.10 Å². The van der Waals surface area contributed by atoms with E-state index in [1.54, 1.807) is 6.20 Å². The van der Waals surface area contributed by atoms with Gasteiger partial charge in [0.2, 0.25) is 0 Å². The molecule has 0 aliphatic carbocycles. The second kappa shape index (κ2) is 3.64. The van der Waals surface area contributed by atoms with Crippen LogP contribution in [0.2, 0.25) is 5.02 Å². The molecule has 2 rings (SSSR count). The summed E-state index contributed by atoms with van der Waals surface area (Å²) in [5, 5.41) is 5.27. The molecular formula is C10H8ClN3. The van der Waals surface area contributed by atoms with Gasteiger partial charge in [-0.1, -0.05) is 11.6 Å². The molecule has 0 atom stereocenters. The number of hydrazone groups is 1. The first kappa shape index (κ1) is 8.97. The molecule has 0 spiro atoms. The Hall–Kier alpha value is -1.61. The molecule has 1 heterocycles. The van der Waals surface area contributed by atoms with Crippen molar-refractivity contribution >= 4 is 34.9 Å². The monoisotopic (exact) mass is 205 g/mol. The summed E-state index contributed by atoms with van der Waals surface area (Å²) >= 11 is 5.85. The van der Waals surface area contributed by atoms with Gasteiger partial charge in [-0.3, -0.25) is 10.4 Å². The Kier molecular flexibility index (Phi) is 2.33. The van der Waals surface area contributed by atoms with Crippen LogP contribution in [0, 0.1) is 0 Å². The van der Waals surface area contributed by atoms with Gasteiger partial charge in [0.05, 0.1) is 11.2 Å². The SMILES string of the molecule is C=NNc1ccnc2cc(Cl)ccc12. The molecule has 0 radical (unpaired) electrons. The van der Waals surface area contributed by atoms with Crippen molar-refractivity contribution in [1.82, 2.24) is 4.98 Å². The number of rotatable bonds is 2. The van der Waals surface area contributed by atoms with E-state index in [1.807, 2.05) is 24.3 Å². The fourth-order valence-electron chi connectivity index (χ4n) is 1.30. The lowest BCUT2D eigenvalue weighted by molar-refractivity contribution is 1.34. The number of anilines is 1. The molecule has 3 nitrogen and oxygen atoms in total. The number of hydrogen-bond acceptors (Lipinski definition) is 3. The van der Waals surface area contributed by atoms with Crippen molar-refractivity contribution in [2.75, 3.05) is 5.43 Å². The Labute approximate surface area is 86.4 Å². The average molecular weight is 206 g/mol. The zero-order valence-corrected chi connectivity index (χ0v) is 8.12. The van der Waals surface area contributed by atoms with Crippen molar-refractivity contribution in [1.29, 1.82) is 0 Å². The molecule has 14 heavy (non-hydrogen) atoms. The number of fused-ring (bicyclic) bond motifs is 1. The Morgan fingerprint density at radius 3 is 3.00 bits per heavy atom. The first-order valence-corrected chi connectivity index (χ1v) is 4.45. The van der Waals surface area contributed by atoms with Crippen LogP contribution in [-0.2, 0) is 0 Å². The molecule has 1 N–H and O–H groups in total. The maximum atomic E-state index is 5.85. The fraction of sp³-hybridized carbons (Fsp3) is 0. The highest BCUT2D eigenvalue weighted by Gasteiger charge is 2.00. The van der Waals surface area contributed by atoms with Gasteiger partial charge in [0.1, 0.15) is 0 Å². The summed E-state index contributed by atoms with van der Waals surface area (Å²) in [6, 6.07) is 7.37. The highest BCUT2D eigenvalue weighted by molar-refractivity contribution is 6.31. The van der Waals surface area contributed by atoms with Gasteiger partial charge in [0, 0.05) is 23.3 Å². The maximum Gasteiger partial charge on any atom is 0.0738 e. The minimum absolute atomic E-state index is 0.675. The Morgan fingerprint density at radius 2 is 2.21 bits per heavy atom. The minimum atomic E-state index is 0.675. The molecule has 4 heteroatoms. The standard InChI is InChI=1S/C10H8ClN3/c1-12-14-9-4-5-13-10-6-7(11)2-3-8(9)10/h2-6H,1H2,(H,13,14). The Morgan fingerprint density at radius 1 is 1.36 bits per heavy atom. The van der Waals surface area contributed by atoms with E-state index in [4.69, 9.17) is 11.6 Å². The molecule has 0 saturated heterocycles. The molecule has 0 aliphatic rings. The van der Waals surface area contributed by atoms with Gasteiger partial charge in [-0.15, -0.1) is 0 Å². The summed E-state index contributed by atoms with van der Waals surface area (Å²) in [5.41, 5.74) is 4.52. The smallest absolute Gasteiger partial charge is 0.0738 e. The molecule has 2 aromatic rings. The zero-order chi connectivity index (χ0) is 9.97. The highest BCUT2D eigenvalue weighted by Crippen LogP contribution is 2.23. The largest absolute Gasteiger partial charge is 0.278 e. The van der Waals surface area contributed by atoms with E-state index in [9.17, 15) is 0 Å². The van der Waals surface area contributed by atoms with Crippen molar-refractivity contribution in [2.45, 2.75) is 0 Å². The number of hydrogen-bond donors (Lipinski definition) is 1. The Bertz CT molecular complexity index is 482. The quantitative estimate of drug-likeness (QED) is 0.605. The summed E-state index contributed by atoms with van der Waals surface area (Å²) in [6.45, 7) is 3.37. The number of pyridine rings is 1. The van der Waals surface area contributed by atoms with E-state index in [2.05, 4.69) is 22.2 Å². The predicted molar refractivity (Wildman–Crippen MR) is 59.9 cm³/mol. The highest BCUT2D eigenvalue weighted by atomic mass is 35.5. The van der Waals surface area contributed by atoms with Crippen LogP contribution >= 0.6 is 11.6 Å². The van der Waals surface area contributed by atoms with Crippen LogP contribution in [0.15, 0.2) is 35.6 Å². The van der Waals surface area contributed by atoms with Crippen LogP contribution in [-0.4, -0.2) is 11.7 Å². The van der Waals surface area contributed by atoms with Gasteiger partial charge < -0.3 is 0 Å². The third-order valence-corrected chi connectivity index (χ3v) is 2.14. The van der Waals surface area contributed by atoms with E-state index in [-0.39, 0.29) is 0 Å². The molecule has 0 amide bonds. The topological polar surface area (TPSA) is 37.3 Å². The van der Waals surface area contributed by atoms with E-state index in [0.29, 0.717) is 5.02 Å². The van der Waals surface area contributed by atoms with Gasteiger partial charge in [0.15, 0.2) is 0 Å². The first-order valence-electron chi connectivity index (χ1n) is 4.07. The summed E-state index contributed by atoms with van der Waals surface area (Å²) < 4.78 is 0. The maximum absolute atomic E-state index is 5.85. The summed E-state index contributed by atoms with van der Waals surface area (Å²) in [6.07, 6.45) is 1.70. The number of benzene rings is 1. The molecule has 70 valence electrons. The zero-order valence-electron chi connectivity index (χ0n) is 7.37. The fourth-order valence-corrected chi connectivity index (χ4v) is 1.47. The van der Waals surface area contributed by atoms with Crippen molar-refractivity contribution in [3.05, 3.63) is 35.5 Å². The lowest BCUT2D eigenvalue weighted by Gasteiger charge is -2.04. The van der Waals surface area contributed by atoms with Crippen LogP contribution < -0.4 is 5.43 Å². The van der Waals surface area contributed by atoms with Crippen LogP contribution in [0.25, 0.3) is 10.9 Å². The first-order chi connectivity index (χ1) is 6.81. The van der Waals surface area contributed by atoms with Crippen molar-refractivity contribution in [3.8, 4) is 0 Å². The molecule has 0 fully saturated rings. The van der Waals surface area contributed by atoms with Crippen molar-refractivity contribution < 1.29 is 0 Å². The molecule has 0 aliphatic heterocycles. The minimum Gasteiger partial charge on any atom is -0.278 e. The number of aromatic nitrogens is 1. The average Bonchev–Trinajstić information content (AvgIpc) is 2.18. The Balaban J connectivity index is 2.68. The summed E-state index contributed by atoms with van der Waals surface area (Å²) in [4.78, 5) is 4.20.